The minimum Gasteiger partial charge on any atom is -0.309 e. The van der Waals surface area contributed by atoms with Crippen molar-refractivity contribution in [2.45, 2.75) is 25.7 Å². The van der Waals surface area contributed by atoms with Crippen molar-refractivity contribution in [1.29, 1.82) is 0 Å². The van der Waals surface area contributed by atoms with Gasteiger partial charge in [-0.3, -0.25) is 14.5 Å². The van der Waals surface area contributed by atoms with Gasteiger partial charge < -0.3 is 5.32 Å². The van der Waals surface area contributed by atoms with Crippen LogP contribution < -0.4 is 10.2 Å². The van der Waals surface area contributed by atoms with E-state index in [0.29, 0.717) is 17.5 Å². The zero-order valence-corrected chi connectivity index (χ0v) is 9.87. The topological polar surface area (TPSA) is 75.2 Å². The number of nitrogens with zero attached hydrogens (tertiary/aromatic N) is 3. The number of carbonyl (C=O) groups excluding carboxylic acids is 2. The van der Waals surface area contributed by atoms with E-state index in [4.69, 9.17) is 0 Å². The fraction of sp³-hybridized carbons (Fsp3) is 0.455. The molecule has 0 saturated carbocycles. The molecule has 3 rings (SSSR count). The maximum Gasteiger partial charge on any atom is 0.236 e. The van der Waals surface area contributed by atoms with Gasteiger partial charge in [-0.15, -0.1) is 0 Å². The molecule has 1 aromatic rings. The van der Waals surface area contributed by atoms with E-state index in [1.54, 1.807) is 20.9 Å². The molecule has 0 spiro atoms. The summed E-state index contributed by atoms with van der Waals surface area (Å²) in [7, 11) is 1.67. The smallest absolute Gasteiger partial charge is 0.236 e. The minimum atomic E-state index is -0.818. The highest BCUT2D eigenvalue weighted by atomic mass is 16.2. The van der Waals surface area contributed by atoms with Crippen LogP contribution in [-0.2, 0) is 15.0 Å². The number of nitrogens with one attached hydrogen (secondary N) is 1. The van der Waals surface area contributed by atoms with E-state index < -0.39 is 5.41 Å². The summed E-state index contributed by atoms with van der Waals surface area (Å²) in [5.74, 6) is 1.37. The van der Waals surface area contributed by atoms with Crippen LogP contribution in [0.4, 0.5) is 11.6 Å². The van der Waals surface area contributed by atoms with Gasteiger partial charge in [-0.2, -0.15) is 0 Å². The van der Waals surface area contributed by atoms with Gasteiger partial charge in [0.2, 0.25) is 11.8 Å². The molecule has 17 heavy (non-hydrogen) atoms. The first-order chi connectivity index (χ1) is 7.93. The van der Waals surface area contributed by atoms with Gasteiger partial charge in [0, 0.05) is 13.5 Å². The molecule has 3 heterocycles. The van der Waals surface area contributed by atoms with E-state index in [1.807, 2.05) is 0 Å². The van der Waals surface area contributed by atoms with Crippen LogP contribution in [0.2, 0.25) is 0 Å². The summed E-state index contributed by atoms with van der Waals surface area (Å²) in [6.07, 6.45) is 0.168. The van der Waals surface area contributed by atoms with Crippen molar-refractivity contribution < 1.29 is 9.59 Å². The highest BCUT2D eigenvalue weighted by Gasteiger charge is 2.51. The van der Waals surface area contributed by atoms with E-state index in [-0.39, 0.29) is 18.2 Å². The number of hydrogen-bond acceptors (Lipinski definition) is 4. The molecule has 0 bridgehead atoms. The van der Waals surface area contributed by atoms with E-state index in [1.165, 1.54) is 4.90 Å². The maximum atomic E-state index is 12.0. The molecule has 0 saturated heterocycles. The number of hydrogen-bond donors (Lipinski definition) is 1. The Morgan fingerprint density at radius 1 is 1.35 bits per heavy atom. The molecular weight excluding hydrogens is 220 g/mol. The van der Waals surface area contributed by atoms with Gasteiger partial charge >= 0.3 is 0 Å². The second-order valence-electron chi connectivity index (χ2n) is 4.73. The number of carbonyl (C=O) groups is 2. The summed E-state index contributed by atoms with van der Waals surface area (Å²) < 4.78 is 0. The SMILES string of the molecule is Cc1nc2c3c(n1)N(C)C(=O)CC3(C)C(=O)N2. The number of anilines is 2. The molecule has 1 N–H and O–H groups in total. The zero-order valence-electron chi connectivity index (χ0n) is 9.87. The molecule has 0 aromatic carbocycles. The summed E-state index contributed by atoms with van der Waals surface area (Å²) >= 11 is 0. The predicted octanol–water partition coefficient (Wildman–Crippen LogP) is 0.361. The molecule has 1 unspecified atom stereocenters. The number of rotatable bonds is 0. The van der Waals surface area contributed by atoms with Crippen molar-refractivity contribution >= 4 is 23.5 Å². The van der Waals surface area contributed by atoms with Crippen LogP contribution in [0.25, 0.3) is 0 Å². The Kier molecular flexibility index (Phi) is 1.69. The highest BCUT2D eigenvalue weighted by Crippen LogP contribution is 2.46. The van der Waals surface area contributed by atoms with Crippen molar-refractivity contribution in [3.8, 4) is 0 Å². The highest BCUT2D eigenvalue weighted by molar-refractivity contribution is 6.13. The second-order valence-corrected chi connectivity index (χ2v) is 4.73. The third-order valence-electron chi connectivity index (χ3n) is 3.48. The molecule has 6 heteroatoms. The number of aryl methyl sites for hydroxylation is 1. The van der Waals surface area contributed by atoms with Crippen molar-refractivity contribution in [1.82, 2.24) is 9.97 Å². The average Bonchev–Trinajstić information content (AvgIpc) is 2.47. The molecule has 0 fully saturated rings. The Bertz CT molecular complexity index is 569. The lowest BCUT2D eigenvalue weighted by molar-refractivity contribution is -0.127. The Balaban J connectivity index is 2.36. The Hall–Kier alpha value is -1.98. The van der Waals surface area contributed by atoms with Gasteiger partial charge in [0.05, 0.1) is 11.0 Å². The van der Waals surface area contributed by atoms with Crippen LogP contribution in [-0.4, -0.2) is 28.8 Å². The summed E-state index contributed by atoms with van der Waals surface area (Å²) in [4.78, 5) is 33.9. The predicted molar refractivity (Wildman–Crippen MR) is 60.8 cm³/mol. The van der Waals surface area contributed by atoms with Crippen LogP contribution in [0, 0.1) is 6.92 Å². The normalized spacial score (nSPS) is 25.9. The third-order valence-corrected chi connectivity index (χ3v) is 3.48. The van der Waals surface area contributed by atoms with Crippen LogP contribution in [0.15, 0.2) is 0 Å². The standard InChI is InChI=1S/C11H12N4O2/c1-5-12-8-7-9(13-5)15(3)6(16)4-11(7,2)10(17)14-8/h4H2,1-3H3,(H,12,13,14,17). The van der Waals surface area contributed by atoms with Gasteiger partial charge in [-0.1, -0.05) is 0 Å². The monoisotopic (exact) mass is 232 g/mol. The Morgan fingerprint density at radius 2 is 2.06 bits per heavy atom. The quantitative estimate of drug-likeness (QED) is 0.700. The number of amides is 2. The van der Waals surface area contributed by atoms with Crippen LogP contribution in [0.3, 0.4) is 0 Å². The summed E-state index contributed by atoms with van der Waals surface area (Å²) in [6.45, 7) is 3.51. The lowest BCUT2D eigenvalue weighted by atomic mass is 9.78. The summed E-state index contributed by atoms with van der Waals surface area (Å²) in [5, 5.41) is 2.73. The molecule has 1 atom stereocenters. The molecule has 1 aromatic heterocycles. The van der Waals surface area contributed by atoms with Crippen LogP contribution >= 0.6 is 0 Å². The minimum absolute atomic E-state index is 0.0962. The molecule has 88 valence electrons. The molecule has 2 aliphatic heterocycles. The molecule has 2 aliphatic rings. The zero-order chi connectivity index (χ0) is 12.4. The molecule has 6 nitrogen and oxygen atoms in total. The fourth-order valence-corrected chi connectivity index (χ4v) is 2.47. The fourth-order valence-electron chi connectivity index (χ4n) is 2.47. The van der Waals surface area contributed by atoms with Crippen molar-refractivity contribution in [3.05, 3.63) is 11.4 Å². The third kappa shape index (κ3) is 1.09. The average molecular weight is 232 g/mol. The van der Waals surface area contributed by atoms with Crippen LogP contribution in [0.1, 0.15) is 24.7 Å². The first-order valence-electron chi connectivity index (χ1n) is 5.40. The van der Waals surface area contributed by atoms with Gasteiger partial charge in [0.25, 0.3) is 0 Å². The Labute approximate surface area is 98.0 Å². The lowest BCUT2D eigenvalue weighted by Crippen LogP contribution is -2.44. The van der Waals surface area contributed by atoms with Crippen molar-refractivity contribution in [3.63, 3.8) is 0 Å². The van der Waals surface area contributed by atoms with Crippen molar-refractivity contribution in [2.75, 3.05) is 17.3 Å². The van der Waals surface area contributed by atoms with Crippen molar-refractivity contribution in [2.24, 2.45) is 0 Å². The summed E-state index contributed by atoms with van der Waals surface area (Å²) in [6, 6.07) is 0. The van der Waals surface area contributed by atoms with Gasteiger partial charge in [0.15, 0.2) is 0 Å². The van der Waals surface area contributed by atoms with E-state index >= 15 is 0 Å². The van der Waals surface area contributed by atoms with Gasteiger partial charge in [-0.05, 0) is 13.8 Å². The molecule has 2 amide bonds. The van der Waals surface area contributed by atoms with E-state index in [9.17, 15) is 9.59 Å². The van der Waals surface area contributed by atoms with Crippen LogP contribution in [0.5, 0.6) is 0 Å². The Morgan fingerprint density at radius 3 is 2.76 bits per heavy atom. The number of aromatic nitrogens is 2. The molecule has 0 radical (unpaired) electrons. The lowest BCUT2D eigenvalue weighted by Gasteiger charge is -2.32. The first-order valence-corrected chi connectivity index (χ1v) is 5.40. The van der Waals surface area contributed by atoms with Gasteiger partial charge in [0.1, 0.15) is 17.5 Å². The van der Waals surface area contributed by atoms with Gasteiger partial charge in [-0.25, -0.2) is 9.97 Å². The second kappa shape index (κ2) is 2.82. The van der Waals surface area contributed by atoms with E-state index in [0.717, 1.165) is 5.56 Å². The first kappa shape index (κ1) is 10.2. The molecule has 0 aliphatic carbocycles. The van der Waals surface area contributed by atoms with E-state index in [2.05, 4.69) is 15.3 Å². The molecular formula is C11H12N4O2. The maximum absolute atomic E-state index is 12.0. The summed E-state index contributed by atoms with van der Waals surface area (Å²) in [5.41, 5.74) is -0.0719. The largest absolute Gasteiger partial charge is 0.309 e.